The van der Waals surface area contributed by atoms with Crippen molar-refractivity contribution in [2.45, 2.75) is 4.34 Å². The van der Waals surface area contributed by atoms with Gasteiger partial charge in [-0.25, -0.2) is 4.98 Å². The number of nitrogens with two attached hydrogens (primary N) is 1. The van der Waals surface area contributed by atoms with E-state index in [1.54, 1.807) is 11.3 Å². The quantitative estimate of drug-likeness (QED) is 0.648. The minimum Gasteiger partial charge on any atom is -0.399 e. The zero-order valence-electron chi connectivity index (χ0n) is 7.37. The van der Waals surface area contributed by atoms with E-state index in [1.807, 2.05) is 18.2 Å². The highest BCUT2D eigenvalue weighted by molar-refractivity contribution is 8.01. The molecule has 2 N–H and O–H groups in total. The van der Waals surface area contributed by atoms with Crippen LogP contribution in [0.25, 0.3) is 10.2 Å². The lowest BCUT2D eigenvalue weighted by Gasteiger charge is -1.88. The predicted molar refractivity (Wildman–Crippen MR) is 60.7 cm³/mol. The van der Waals surface area contributed by atoms with Crippen molar-refractivity contribution < 1.29 is 4.39 Å². The van der Waals surface area contributed by atoms with Crippen LogP contribution in [0.4, 0.5) is 10.1 Å². The number of anilines is 1. The summed E-state index contributed by atoms with van der Waals surface area (Å²) in [5.74, 6) is 0.468. The number of nitrogen functional groups attached to an aromatic ring is 1. The Hall–Kier alpha value is -0.810. The second-order valence-corrected chi connectivity index (χ2v) is 5.12. The molecule has 2 rings (SSSR count). The summed E-state index contributed by atoms with van der Waals surface area (Å²) in [5.41, 5.74) is 7.32. The maximum Gasteiger partial charge on any atom is 0.151 e. The summed E-state index contributed by atoms with van der Waals surface area (Å²) in [6.45, 7) is -0.317. The van der Waals surface area contributed by atoms with Gasteiger partial charge in [0, 0.05) is 11.4 Å². The van der Waals surface area contributed by atoms with E-state index in [0.717, 1.165) is 20.2 Å². The third kappa shape index (κ3) is 1.99. The summed E-state index contributed by atoms with van der Waals surface area (Å²) in [6, 6.07) is 5.61. The van der Waals surface area contributed by atoms with Crippen LogP contribution in [-0.2, 0) is 0 Å². The van der Waals surface area contributed by atoms with Crippen LogP contribution in [0.2, 0.25) is 0 Å². The Morgan fingerprint density at radius 3 is 3.14 bits per heavy atom. The van der Waals surface area contributed by atoms with Crippen molar-refractivity contribution >= 4 is 39.0 Å². The van der Waals surface area contributed by atoms with Gasteiger partial charge in [0.2, 0.25) is 0 Å². The molecule has 0 bridgehead atoms. The highest BCUT2D eigenvalue weighted by Crippen LogP contribution is 2.30. The maximum atomic E-state index is 11.9. The average Bonchev–Trinajstić information content (AvgIpc) is 2.56. The Kier molecular flexibility index (Phi) is 2.88. The van der Waals surface area contributed by atoms with Crippen LogP contribution in [0.3, 0.4) is 0 Å². The lowest BCUT2D eigenvalue weighted by Crippen LogP contribution is -1.81. The SMILES string of the molecule is Nc1ccc2nc(SCCF)sc2c1. The number of hydrogen-bond donors (Lipinski definition) is 1. The van der Waals surface area contributed by atoms with E-state index in [-0.39, 0.29) is 6.67 Å². The maximum absolute atomic E-state index is 11.9. The van der Waals surface area contributed by atoms with Crippen LogP contribution in [0, 0.1) is 0 Å². The first kappa shape index (κ1) is 9.73. The van der Waals surface area contributed by atoms with E-state index in [2.05, 4.69) is 4.98 Å². The molecule has 0 fully saturated rings. The molecule has 0 saturated heterocycles. The third-order valence-electron chi connectivity index (χ3n) is 1.70. The van der Waals surface area contributed by atoms with Gasteiger partial charge < -0.3 is 5.73 Å². The summed E-state index contributed by atoms with van der Waals surface area (Å²) < 4.78 is 13.9. The molecule has 0 aliphatic carbocycles. The number of thioether (sulfide) groups is 1. The van der Waals surface area contributed by atoms with Gasteiger partial charge in [0.05, 0.1) is 16.9 Å². The number of rotatable bonds is 3. The topological polar surface area (TPSA) is 38.9 Å². The van der Waals surface area contributed by atoms with Crippen molar-refractivity contribution in [2.75, 3.05) is 18.2 Å². The van der Waals surface area contributed by atoms with E-state index in [4.69, 9.17) is 5.73 Å². The number of hydrogen-bond acceptors (Lipinski definition) is 4. The molecule has 0 saturated carbocycles. The monoisotopic (exact) mass is 228 g/mol. The van der Waals surface area contributed by atoms with Gasteiger partial charge in [-0.15, -0.1) is 11.3 Å². The van der Waals surface area contributed by atoms with E-state index in [0.29, 0.717) is 5.75 Å². The number of halogens is 1. The highest BCUT2D eigenvalue weighted by atomic mass is 32.2. The number of nitrogens with zero attached hydrogens (tertiary/aromatic N) is 1. The Labute approximate surface area is 89.3 Å². The van der Waals surface area contributed by atoms with Crippen molar-refractivity contribution in [3.8, 4) is 0 Å². The van der Waals surface area contributed by atoms with Crippen LogP contribution in [0.1, 0.15) is 0 Å². The molecule has 2 aromatic rings. The zero-order valence-corrected chi connectivity index (χ0v) is 9.00. The minimum atomic E-state index is -0.317. The molecular formula is C9H9FN2S2. The molecule has 0 aliphatic rings. The van der Waals surface area contributed by atoms with E-state index < -0.39 is 0 Å². The lowest BCUT2D eigenvalue weighted by atomic mass is 10.3. The molecule has 0 unspecified atom stereocenters. The third-order valence-corrected chi connectivity index (χ3v) is 3.81. The Balaban J connectivity index is 2.32. The normalized spacial score (nSPS) is 10.9. The molecule has 0 amide bonds. The molecule has 0 aliphatic heterocycles. The first-order valence-electron chi connectivity index (χ1n) is 4.14. The van der Waals surface area contributed by atoms with Gasteiger partial charge in [-0.2, -0.15) is 0 Å². The van der Waals surface area contributed by atoms with E-state index in [9.17, 15) is 4.39 Å². The van der Waals surface area contributed by atoms with Gasteiger partial charge in [-0.05, 0) is 18.2 Å². The van der Waals surface area contributed by atoms with Gasteiger partial charge in [-0.3, -0.25) is 4.39 Å². The van der Waals surface area contributed by atoms with Gasteiger partial charge in [0.15, 0.2) is 4.34 Å². The van der Waals surface area contributed by atoms with Crippen molar-refractivity contribution in [3.05, 3.63) is 18.2 Å². The number of alkyl halides is 1. The lowest BCUT2D eigenvalue weighted by molar-refractivity contribution is 0.533. The number of aromatic nitrogens is 1. The zero-order chi connectivity index (χ0) is 9.97. The van der Waals surface area contributed by atoms with Crippen LogP contribution in [-0.4, -0.2) is 17.4 Å². The molecule has 74 valence electrons. The Morgan fingerprint density at radius 1 is 1.50 bits per heavy atom. The summed E-state index contributed by atoms with van der Waals surface area (Å²) >= 11 is 3.00. The van der Waals surface area contributed by atoms with E-state index >= 15 is 0 Å². The molecule has 0 atom stereocenters. The number of thiazole rings is 1. The average molecular weight is 228 g/mol. The molecule has 0 spiro atoms. The van der Waals surface area contributed by atoms with Crippen molar-refractivity contribution in [3.63, 3.8) is 0 Å². The second-order valence-electron chi connectivity index (χ2n) is 2.74. The van der Waals surface area contributed by atoms with Crippen LogP contribution >= 0.6 is 23.1 Å². The molecule has 0 radical (unpaired) electrons. The molecule has 1 aromatic heterocycles. The van der Waals surface area contributed by atoms with Gasteiger partial charge >= 0.3 is 0 Å². The van der Waals surface area contributed by atoms with Crippen LogP contribution in [0.15, 0.2) is 22.5 Å². The number of fused-ring (bicyclic) bond motifs is 1. The van der Waals surface area contributed by atoms with E-state index in [1.165, 1.54) is 11.8 Å². The fourth-order valence-corrected chi connectivity index (χ4v) is 3.02. The smallest absolute Gasteiger partial charge is 0.151 e. The fourth-order valence-electron chi connectivity index (χ4n) is 1.11. The van der Waals surface area contributed by atoms with Crippen molar-refractivity contribution in [1.29, 1.82) is 0 Å². The Morgan fingerprint density at radius 2 is 2.36 bits per heavy atom. The standard InChI is InChI=1S/C9H9FN2S2/c10-3-4-13-9-12-7-2-1-6(11)5-8(7)14-9/h1-2,5H,3-4,11H2. The molecular weight excluding hydrogens is 219 g/mol. The molecule has 5 heteroatoms. The van der Waals surface area contributed by atoms with Crippen molar-refractivity contribution in [2.24, 2.45) is 0 Å². The highest BCUT2D eigenvalue weighted by Gasteiger charge is 2.03. The van der Waals surface area contributed by atoms with Gasteiger partial charge in [0.25, 0.3) is 0 Å². The van der Waals surface area contributed by atoms with Gasteiger partial charge in [-0.1, -0.05) is 11.8 Å². The summed E-state index contributed by atoms with van der Waals surface area (Å²) in [7, 11) is 0. The first-order chi connectivity index (χ1) is 6.79. The number of benzene rings is 1. The van der Waals surface area contributed by atoms with Gasteiger partial charge in [0.1, 0.15) is 0 Å². The van der Waals surface area contributed by atoms with Crippen LogP contribution in [0.5, 0.6) is 0 Å². The summed E-state index contributed by atoms with van der Waals surface area (Å²) in [4.78, 5) is 4.35. The first-order valence-corrected chi connectivity index (χ1v) is 5.94. The minimum absolute atomic E-state index is 0.317. The largest absolute Gasteiger partial charge is 0.399 e. The summed E-state index contributed by atoms with van der Waals surface area (Å²) in [6.07, 6.45) is 0. The second kappa shape index (κ2) is 4.14. The van der Waals surface area contributed by atoms with Crippen LogP contribution < -0.4 is 5.73 Å². The molecule has 1 heterocycles. The summed E-state index contributed by atoms with van der Waals surface area (Å²) in [5, 5.41) is 0. The fraction of sp³-hybridized carbons (Fsp3) is 0.222. The Bertz CT molecular complexity index is 441. The predicted octanol–water partition coefficient (Wildman–Crippen LogP) is 2.94. The molecule has 14 heavy (non-hydrogen) atoms. The molecule has 2 nitrogen and oxygen atoms in total. The molecule has 1 aromatic carbocycles. The van der Waals surface area contributed by atoms with Crippen molar-refractivity contribution in [1.82, 2.24) is 4.98 Å².